The van der Waals surface area contributed by atoms with E-state index in [9.17, 15) is 19.2 Å². The second-order valence-electron chi connectivity index (χ2n) is 9.36. The highest BCUT2D eigenvalue weighted by Crippen LogP contribution is 2.41. The van der Waals surface area contributed by atoms with Crippen LogP contribution in [0.4, 0.5) is 4.39 Å². The van der Waals surface area contributed by atoms with Crippen molar-refractivity contribution < 1.29 is 52.7 Å². The van der Waals surface area contributed by atoms with Gasteiger partial charge < -0.3 is 29.2 Å². The van der Waals surface area contributed by atoms with E-state index >= 15 is 4.39 Å². The van der Waals surface area contributed by atoms with Crippen molar-refractivity contribution in [2.75, 3.05) is 27.4 Å². The number of carbonyl (C=O) groups is 4. The van der Waals surface area contributed by atoms with Crippen LogP contribution in [0, 0.1) is 5.82 Å². The van der Waals surface area contributed by atoms with Crippen molar-refractivity contribution >= 4 is 66.4 Å². The van der Waals surface area contributed by atoms with Gasteiger partial charge in [-0.25, -0.2) is 4.39 Å². The number of hydrogen-bond acceptors (Lipinski definition) is 10. The van der Waals surface area contributed by atoms with Gasteiger partial charge in [0.05, 0.1) is 36.8 Å². The van der Waals surface area contributed by atoms with Crippen LogP contribution in [0.25, 0.3) is 20.2 Å². The van der Waals surface area contributed by atoms with E-state index in [1.165, 1.54) is 31.6 Å². The van der Waals surface area contributed by atoms with Crippen molar-refractivity contribution in [2.24, 2.45) is 0 Å². The third kappa shape index (κ3) is 7.48. The molecule has 13 heteroatoms. The standard InChI is InChI=1S/C30H27FO10S2/c1-15(13-40-21-8-16-9-25(18(32)4-6-27(34)35)42-23(16)11-20(21)38-2)14-41-30-22(39-3)12-24-17(29(30)31)10-26(43-24)19(33)5-7-28(36)37/h8-12H,1,4-7,13-14H2,2-3H3,(H,34,35)(H,36,37). The highest BCUT2D eigenvalue weighted by Gasteiger charge is 2.21. The quantitative estimate of drug-likeness (QED) is 0.106. The Morgan fingerprint density at radius 2 is 1.30 bits per heavy atom. The van der Waals surface area contributed by atoms with Crippen molar-refractivity contribution in [3.8, 4) is 23.0 Å². The molecule has 0 radical (unpaired) electrons. The SMILES string of the molecule is C=C(COc1cc2cc(C(=O)CCC(=O)O)sc2cc1OC)COc1c(OC)cc2sc(C(=O)CCC(=O)O)cc2c1F. The number of hydrogen-bond donors (Lipinski definition) is 2. The summed E-state index contributed by atoms with van der Waals surface area (Å²) in [5.41, 5.74) is 0.452. The number of halogens is 1. The number of methoxy groups -OCH3 is 2. The van der Waals surface area contributed by atoms with E-state index in [-0.39, 0.29) is 66.4 Å². The molecule has 10 nitrogen and oxygen atoms in total. The number of carbonyl (C=O) groups excluding carboxylic acids is 2. The summed E-state index contributed by atoms with van der Waals surface area (Å²) in [5, 5.41) is 18.5. The monoisotopic (exact) mass is 630 g/mol. The van der Waals surface area contributed by atoms with E-state index in [0.717, 1.165) is 21.4 Å². The molecule has 0 bridgehead atoms. The molecule has 2 N–H and O–H groups in total. The molecule has 226 valence electrons. The lowest BCUT2D eigenvalue weighted by molar-refractivity contribution is -0.137. The average molecular weight is 631 g/mol. The fraction of sp³-hybridized carbons (Fsp3) is 0.267. The van der Waals surface area contributed by atoms with Gasteiger partial charge in [0.2, 0.25) is 0 Å². The molecule has 0 saturated carbocycles. The minimum absolute atomic E-state index is 0.0107. The Balaban J connectivity index is 1.44. The number of carboxylic acids is 2. The van der Waals surface area contributed by atoms with E-state index in [2.05, 4.69) is 6.58 Å². The zero-order chi connectivity index (χ0) is 31.3. The molecule has 2 aromatic carbocycles. The van der Waals surface area contributed by atoms with Crippen LogP contribution in [0.1, 0.15) is 45.0 Å². The molecular weight excluding hydrogens is 603 g/mol. The smallest absolute Gasteiger partial charge is 0.303 e. The lowest BCUT2D eigenvalue weighted by atomic mass is 10.1. The Kier molecular flexibility index (Phi) is 9.99. The molecule has 2 heterocycles. The van der Waals surface area contributed by atoms with E-state index in [0.29, 0.717) is 26.6 Å². The Morgan fingerprint density at radius 3 is 1.91 bits per heavy atom. The van der Waals surface area contributed by atoms with Crippen molar-refractivity contribution in [3.63, 3.8) is 0 Å². The highest BCUT2D eigenvalue weighted by molar-refractivity contribution is 7.21. The van der Waals surface area contributed by atoms with Gasteiger partial charge in [0.1, 0.15) is 13.2 Å². The molecule has 2 aromatic heterocycles. The average Bonchev–Trinajstić information content (AvgIpc) is 3.60. The van der Waals surface area contributed by atoms with Gasteiger partial charge in [-0.1, -0.05) is 6.58 Å². The molecule has 0 unspecified atom stereocenters. The maximum atomic E-state index is 15.5. The Bertz CT molecular complexity index is 1740. The zero-order valence-corrected chi connectivity index (χ0v) is 24.8. The molecule has 0 aliphatic carbocycles. The number of aliphatic carboxylic acids is 2. The van der Waals surface area contributed by atoms with Crippen LogP contribution < -0.4 is 18.9 Å². The van der Waals surface area contributed by atoms with Crippen LogP contribution in [-0.4, -0.2) is 61.2 Å². The minimum Gasteiger partial charge on any atom is -0.493 e. The third-order valence-corrected chi connectivity index (χ3v) is 8.50. The summed E-state index contributed by atoms with van der Waals surface area (Å²) in [7, 11) is 2.83. The van der Waals surface area contributed by atoms with Crippen LogP contribution in [0.15, 0.2) is 42.5 Å². The largest absolute Gasteiger partial charge is 0.493 e. The first-order valence-electron chi connectivity index (χ1n) is 12.8. The summed E-state index contributed by atoms with van der Waals surface area (Å²) >= 11 is 2.27. The molecule has 4 rings (SSSR count). The first-order chi connectivity index (χ1) is 20.5. The predicted molar refractivity (Wildman–Crippen MR) is 159 cm³/mol. The van der Waals surface area contributed by atoms with E-state index in [1.54, 1.807) is 24.3 Å². The lowest BCUT2D eigenvalue weighted by Crippen LogP contribution is -2.10. The number of benzene rings is 2. The molecule has 0 aliphatic heterocycles. The van der Waals surface area contributed by atoms with Gasteiger partial charge in [-0.2, -0.15) is 0 Å². The summed E-state index contributed by atoms with van der Waals surface area (Å²) in [6.07, 6.45) is -0.861. The molecule has 43 heavy (non-hydrogen) atoms. The number of Topliss-reactive ketones (excluding diaryl/α,β-unsaturated/α-hetero) is 2. The molecular formula is C30H27FO10S2. The molecule has 0 amide bonds. The number of ketones is 2. The topological polar surface area (TPSA) is 146 Å². The van der Waals surface area contributed by atoms with Crippen LogP contribution >= 0.6 is 22.7 Å². The molecule has 0 saturated heterocycles. The first kappa shape index (κ1) is 31.4. The van der Waals surface area contributed by atoms with Gasteiger partial charge in [0, 0.05) is 39.8 Å². The minimum atomic E-state index is -1.09. The maximum absolute atomic E-state index is 15.5. The van der Waals surface area contributed by atoms with Crippen LogP contribution in [0.5, 0.6) is 23.0 Å². The van der Waals surface area contributed by atoms with Crippen molar-refractivity contribution in [1.29, 1.82) is 0 Å². The van der Waals surface area contributed by atoms with Gasteiger partial charge in [-0.3, -0.25) is 19.2 Å². The summed E-state index contributed by atoms with van der Waals surface area (Å²) in [5.74, 6) is -2.79. The van der Waals surface area contributed by atoms with Crippen molar-refractivity contribution in [3.05, 3.63) is 58.1 Å². The molecule has 0 fully saturated rings. The first-order valence-corrected chi connectivity index (χ1v) is 14.5. The Labute approximate surface area is 252 Å². The summed E-state index contributed by atoms with van der Waals surface area (Å²) in [6.45, 7) is 3.80. The fourth-order valence-electron chi connectivity index (χ4n) is 4.06. The van der Waals surface area contributed by atoms with Gasteiger partial charge >= 0.3 is 11.9 Å². The third-order valence-electron chi connectivity index (χ3n) is 6.24. The number of fused-ring (bicyclic) bond motifs is 2. The second-order valence-corrected chi connectivity index (χ2v) is 11.5. The number of thiophene rings is 2. The van der Waals surface area contributed by atoms with E-state index in [1.807, 2.05) is 0 Å². The number of carboxylic acid groups (broad SMARTS) is 2. The van der Waals surface area contributed by atoms with E-state index in [4.69, 9.17) is 29.2 Å². The van der Waals surface area contributed by atoms with Crippen LogP contribution in [0.2, 0.25) is 0 Å². The second kappa shape index (κ2) is 13.7. The van der Waals surface area contributed by atoms with Crippen molar-refractivity contribution in [2.45, 2.75) is 25.7 Å². The number of ether oxygens (including phenoxy) is 4. The van der Waals surface area contributed by atoms with Gasteiger partial charge in [0.25, 0.3) is 0 Å². The highest BCUT2D eigenvalue weighted by atomic mass is 32.1. The molecule has 4 aromatic rings. The predicted octanol–water partition coefficient (Wildman–Crippen LogP) is 6.38. The number of rotatable bonds is 16. The van der Waals surface area contributed by atoms with Gasteiger partial charge in [-0.05, 0) is 29.2 Å². The lowest BCUT2D eigenvalue weighted by Gasteiger charge is -2.15. The molecule has 0 spiro atoms. The van der Waals surface area contributed by atoms with E-state index < -0.39 is 23.5 Å². The summed E-state index contributed by atoms with van der Waals surface area (Å²) in [6, 6.07) is 8.03. The Morgan fingerprint density at radius 1 is 0.744 bits per heavy atom. The molecule has 0 aliphatic rings. The fourth-order valence-corrected chi connectivity index (χ4v) is 6.16. The van der Waals surface area contributed by atoms with Gasteiger partial charge in [0.15, 0.2) is 40.4 Å². The van der Waals surface area contributed by atoms with Gasteiger partial charge in [-0.15, -0.1) is 22.7 Å². The van der Waals surface area contributed by atoms with Crippen LogP contribution in [0.3, 0.4) is 0 Å². The summed E-state index contributed by atoms with van der Waals surface area (Å²) < 4.78 is 39.0. The zero-order valence-electron chi connectivity index (χ0n) is 23.2. The molecule has 0 atom stereocenters. The maximum Gasteiger partial charge on any atom is 0.303 e. The normalized spacial score (nSPS) is 11.0. The van der Waals surface area contributed by atoms with Crippen molar-refractivity contribution in [1.82, 2.24) is 0 Å². The summed E-state index contributed by atoms with van der Waals surface area (Å²) in [4.78, 5) is 47.0. The Hall–Kier alpha value is -4.49. The van der Waals surface area contributed by atoms with Crippen LogP contribution in [-0.2, 0) is 9.59 Å².